The van der Waals surface area contributed by atoms with E-state index in [0.29, 0.717) is 11.9 Å². The molecule has 1 fully saturated rings. The van der Waals surface area contributed by atoms with E-state index in [4.69, 9.17) is 0 Å². The van der Waals surface area contributed by atoms with E-state index in [-0.39, 0.29) is 12.0 Å². The highest BCUT2D eigenvalue weighted by atomic mass is 16.2. The number of hydrogen-bond acceptors (Lipinski definition) is 3. The van der Waals surface area contributed by atoms with E-state index >= 15 is 0 Å². The predicted octanol–water partition coefficient (Wildman–Crippen LogP) is 2.53. The minimum Gasteiger partial charge on any atom is -0.345 e. The van der Waals surface area contributed by atoms with Crippen LogP contribution in [0.4, 0.5) is 0 Å². The number of carbonyl (C=O) groups excluding carboxylic acids is 1. The molecule has 3 unspecified atom stereocenters. The molecule has 23 heavy (non-hydrogen) atoms. The Kier molecular flexibility index (Phi) is 6.60. The number of amides is 1. The van der Waals surface area contributed by atoms with E-state index in [9.17, 15) is 4.79 Å². The van der Waals surface area contributed by atoms with Crippen LogP contribution in [0.3, 0.4) is 0 Å². The largest absolute Gasteiger partial charge is 0.345 e. The van der Waals surface area contributed by atoms with Crippen molar-refractivity contribution in [2.24, 2.45) is 5.92 Å². The molecular weight excluding hydrogens is 286 g/mol. The summed E-state index contributed by atoms with van der Waals surface area (Å²) in [5.41, 5.74) is 1.31. The van der Waals surface area contributed by atoms with E-state index < -0.39 is 0 Å². The van der Waals surface area contributed by atoms with Gasteiger partial charge in [-0.05, 0) is 39.4 Å². The third kappa shape index (κ3) is 4.79. The SMILES string of the molecule is CC(NCC1CCCCN(C)C1=O)C(c1ccccc1)N(C)C. The van der Waals surface area contributed by atoms with Crippen molar-refractivity contribution in [2.75, 3.05) is 34.2 Å². The molecule has 4 heteroatoms. The van der Waals surface area contributed by atoms with Gasteiger partial charge in [-0.1, -0.05) is 36.8 Å². The van der Waals surface area contributed by atoms with Gasteiger partial charge in [-0.2, -0.15) is 0 Å². The van der Waals surface area contributed by atoms with Crippen LogP contribution in [0, 0.1) is 5.92 Å². The quantitative estimate of drug-likeness (QED) is 0.876. The van der Waals surface area contributed by atoms with Crippen LogP contribution in [0.2, 0.25) is 0 Å². The van der Waals surface area contributed by atoms with Crippen LogP contribution in [0.1, 0.15) is 37.8 Å². The van der Waals surface area contributed by atoms with Crippen molar-refractivity contribution >= 4 is 5.91 Å². The van der Waals surface area contributed by atoms with Gasteiger partial charge in [0, 0.05) is 32.2 Å². The average molecular weight is 317 g/mol. The molecule has 1 saturated heterocycles. The molecular formula is C19H31N3O. The molecule has 1 aliphatic heterocycles. The van der Waals surface area contributed by atoms with E-state index in [2.05, 4.69) is 55.5 Å². The predicted molar refractivity (Wildman–Crippen MR) is 95.3 cm³/mol. The summed E-state index contributed by atoms with van der Waals surface area (Å²) < 4.78 is 0. The van der Waals surface area contributed by atoms with Crippen molar-refractivity contribution in [3.05, 3.63) is 35.9 Å². The molecule has 1 aliphatic rings. The zero-order chi connectivity index (χ0) is 16.8. The van der Waals surface area contributed by atoms with Gasteiger partial charge in [0.25, 0.3) is 0 Å². The molecule has 0 aromatic heterocycles. The van der Waals surface area contributed by atoms with E-state index in [1.165, 1.54) is 5.56 Å². The van der Waals surface area contributed by atoms with Gasteiger partial charge in [0.15, 0.2) is 0 Å². The molecule has 1 heterocycles. The molecule has 1 N–H and O–H groups in total. The molecule has 128 valence electrons. The monoisotopic (exact) mass is 317 g/mol. The Morgan fingerprint density at radius 3 is 2.61 bits per heavy atom. The second kappa shape index (κ2) is 8.46. The lowest BCUT2D eigenvalue weighted by Crippen LogP contribution is -2.44. The Morgan fingerprint density at radius 2 is 1.96 bits per heavy atom. The molecule has 3 atom stereocenters. The van der Waals surface area contributed by atoms with Crippen molar-refractivity contribution in [3.63, 3.8) is 0 Å². The van der Waals surface area contributed by atoms with Gasteiger partial charge in [0.2, 0.25) is 5.91 Å². The third-order valence-electron chi connectivity index (χ3n) is 4.88. The summed E-state index contributed by atoms with van der Waals surface area (Å²) in [6.45, 7) is 3.87. The van der Waals surface area contributed by atoms with Gasteiger partial charge in [-0.25, -0.2) is 0 Å². The van der Waals surface area contributed by atoms with Crippen LogP contribution < -0.4 is 5.32 Å². The van der Waals surface area contributed by atoms with E-state index in [0.717, 1.165) is 32.4 Å². The number of likely N-dealkylation sites (N-methyl/N-ethyl adjacent to an activating group) is 1. The minimum atomic E-state index is 0.114. The van der Waals surface area contributed by atoms with Gasteiger partial charge < -0.3 is 15.1 Å². The van der Waals surface area contributed by atoms with Gasteiger partial charge >= 0.3 is 0 Å². The van der Waals surface area contributed by atoms with Crippen LogP contribution in [-0.4, -0.2) is 56.0 Å². The zero-order valence-corrected chi connectivity index (χ0v) is 15.0. The molecule has 1 amide bonds. The molecule has 2 rings (SSSR count). The number of nitrogens with zero attached hydrogens (tertiary/aromatic N) is 2. The normalized spacial score (nSPS) is 22.0. The first-order chi connectivity index (χ1) is 11.0. The molecule has 0 spiro atoms. The van der Waals surface area contributed by atoms with Crippen molar-refractivity contribution in [3.8, 4) is 0 Å². The van der Waals surface area contributed by atoms with Crippen LogP contribution in [0.15, 0.2) is 30.3 Å². The molecule has 0 saturated carbocycles. The van der Waals surface area contributed by atoms with E-state index in [1.54, 1.807) is 0 Å². The Balaban J connectivity index is 1.99. The standard InChI is InChI=1S/C19H31N3O/c1-15(18(21(2)3)16-10-6-5-7-11-16)20-14-17-12-8-9-13-22(4)19(17)23/h5-7,10-11,15,17-18,20H,8-9,12-14H2,1-4H3. The maximum atomic E-state index is 12.4. The smallest absolute Gasteiger partial charge is 0.226 e. The van der Waals surface area contributed by atoms with Gasteiger partial charge in [0.05, 0.1) is 5.92 Å². The topological polar surface area (TPSA) is 35.6 Å². The second-order valence-electron chi connectivity index (χ2n) is 6.97. The van der Waals surface area contributed by atoms with Crippen molar-refractivity contribution in [1.29, 1.82) is 0 Å². The number of hydrogen-bond donors (Lipinski definition) is 1. The maximum absolute atomic E-state index is 12.4. The first-order valence-electron chi connectivity index (χ1n) is 8.70. The molecule has 0 aliphatic carbocycles. The van der Waals surface area contributed by atoms with E-state index in [1.807, 2.05) is 18.0 Å². The Bertz CT molecular complexity index is 489. The summed E-state index contributed by atoms with van der Waals surface area (Å²) >= 11 is 0. The third-order valence-corrected chi connectivity index (χ3v) is 4.88. The summed E-state index contributed by atoms with van der Waals surface area (Å²) in [6, 6.07) is 11.2. The zero-order valence-electron chi connectivity index (χ0n) is 15.0. The lowest BCUT2D eigenvalue weighted by molar-refractivity contribution is -0.133. The van der Waals surface area contributed by atoms with Gasteiger partial charge in [-0.3, -0.25) is 4.79 Å². The van der Waals surface area contributed by atoms with Crippen LogP contribution in [-0.2, 0) is 4.79 Å². The second-order valence-corrected chi connectivity index (χ2v) is 6.97. The number of benzene rings is 1. The number of carbonyl (C=O) groups is 1. The fraction of sp³-hybridized carbons (Fsp3) is 0.632. The van der Waals surface area contributed by atoms with Gasteiger partial charge in [-0.15, -0.1) is 0 Å². The van der Waals surface area contributed by atoms with Crippen molar-refractivity contribution in [2.45, 2.75) is 38.3 Å². The van der Waals surface area contributed by atoms with Crippen LogP contribution in [0.25, 0.3) is 0 Å². The number of rotatable bonds is 6. The summed E-state index contributed by atoms with van der Waals surface area (Å²) in [4.78, 5) is 16.5. The fourth-order valence-corrected chi connectivity index (χ4v) is 3.60. The van der Waals surface area contributed by atoms with Crippen LogP contribution >= 0.6 is 0 Å². The molecule has 0 bridgehead atoms. The highest BCUT2D eigenvalue weighted by Crippen LogP contribution is 2.23. The Morgan fingerprint density at radius 1 is 1.26 bits per heavy atom. The first kappa shape index (κ1) is 18.0. The maximum Gasteiger partial charge on any atom is 0.226 e. The number of likely N-dealkylation sites (tertiary alicyclic amines) is 1. The van der Waals surface area contributed by atoms with Crippen molar-refractivity contribution < 1.29 is 4.79 Å². The highest BCUT2D eigenvalue weighted by molar-refractivity contribution is 5.79. The Labute approximate surface area is 140 Å². The van der Waals surface area contributed by atoms with Crippen LogP contribution in [0.5, 0.6) is 0 Å². The highest BCUT2D eigenvalue weighted by Gasteiger charge is 2.27. The Hall–Kier alpha value is -1.39. The fourth-order valence-electron chi connectivity index (χ4n) is 3.60. The average Bonchev–Trinajstić information content (AvgIpc) is 2.68. The van der Waals surface area contributed by atoms with Gasteiger partial charge in [0.1, 0.15) is 0 Å². The minimum absolute atomic E-state index is 0.114. The molecule has 4 nitrogen and oxygen atoms in total. The molecule has 1 aromatic carbocycles. The number of nitrogens with one attached hydrogen (secondary N) is 1. The summed E-state index contributed by atoms with van der Waals surface area (Å²) in [5, 5.41) is 3.62. The summed E-state index contributed by atoms with van der Waals surface area (Å²) in [6.07, 6.45) is 3.27. The summed E-state index contributed by atoms with van der Waals surface area (Å²) in [5.74, 6) is 0.409. The molecule has 0 radical (unpaired) electrons. The lowest BCUT2D eigenvalue weighted by Gasteiger charge is -2.32. The van der Waals surface area contributed by atoms with Crippen molar-refractivity contribution in [1.82, 2.24) is 15.1 Å². The lowest BCUT2D eigenvalue weighted by atomic mass is 9.97. The molecule has 1 aromatic rings. The summed E-state index contributed by atoms with van der Waals surface area (Å²) in [7, 11) is 6.15. The first-order valence-corrected chi connectivity index (χ1v) is 8.70.